The minimum Gasteiger partial charge on any atom is -0.381 e. The van der Waals surface area contributed by atoms with Crippen LogP contribution in [0.2, 0.25) is 0 Å². The van der Waals surface area contributed by atoms with Gasteiger partial charge in [-0.3, -0.25) is 4.79 Å². The van der Waals surface area contributed by atoms with E-state index in [0.717, 1.165) is 10.1 Å². The lowest BCUT2D eigenvalue weighted by Gasteiger charge is -2.05. The van der Waals surface area contributed by atoms with E-state index in [1.165, 1.54) is 16.9 Å². The Morgan fingerprint density at radius 1 is 1.30 bits per heavy atom. The molecule has 0 atom stereocenters. The molecule has 1 N–H and O–H groups in total. The Labute approximate surface area is 144 Å². The first-order chi connectivity index (χ1) is 11.1. The van der Waals surface area contributed by atoms with Crippen molar-refractivity contribution in [3.05, 3.63) is 35.9 Å². The van der Waals surface area contributed by atoms with Crippen molar-refractivity contribution in [3.63, 3.8) is 0 Å². The molecule has 0 spiro atoms. The highest BCUT2D eigenvalue weighted by Gasteiger charge is 2.09. The highest BCUT2D eigenvalue weighted by molar-refractivity contribution is 8.00. The Bertz CT molecular complexity index is 602. The van der Waals surface area contributed by atoms with E-state index >= 15 is 0 Å². The van der Waals surface area contributed by atoms with Gasteiger partial charge in [0.15, 0.2) is 4.34 Å². The van der Waals surface area contributed by atoms with E-state index < -0.39 is 0 Å². The summed E-state index contributed by atoms with van der Waals surface area (Å²) in [5, 5.41) is 11.4. The van der Waals surface area contributed by atoms with Crippen LogP contribution in [-0.2, 0) is 15.3 Å². The predicted octanol–water partition coefficient (Wildman–Crippen LogP) is 3.83. The summed E-state index contributed by atoms with van der Waals surface area (Å²) >= 11 is 3.01. The largest absolute Gasteiger partial charge is 0.381 e. The van der Waals surface area contributed by atoms with Gasteiger partial charge in [-0.05, 0) is 11.5 Å². The van der Waals surface area contributed by atoms with Crippen LogP contribution in [0.5, 0.6) is 0 Å². The summed E-state index contributed by atoms with van der Waals surface area (Å²) in [5.41, 5.74) is 1.24. The lowest BCUT2D eigenvalue weighted by atomic mass is 10.2. The van der Waals surface area contributed by atoms with Gasteiger partial charge in [0.25, 0.3) is 0 Å². The van der Waals surface area contributed by atoms with E-state index in [4.69, 9.17) is 4.74 Å². The SMILES string of the molecule is CC(C)COCCC(=O)Nc1nnc(SCc2ccccc2)s1. The Balaban J connectivity index is 1.70. The van der Waals surface area contributed by atoms with Gasteiger partial charge in [-0.1, -0.05) is 67.3 Å². The molecule has 0 radical (unpaired) electrons. The molecule has 1 aromatic carbocycles. The summed E-state index contributed by atoms with van der Waals surface area (Å²) in [5.74, 6) is 1.22. The molecule has 5 nitrogen and oxygen atoms in total. The quantitative estimate of drug-likeness (QED) is 0.422. The molecule has 0 aliphatic heterocycles. The van der Waals surface area contributed by atoms with E-state index in [0.29, 0.717) is 30.7 Å². The number of hydrogen-bond donors (Lipinski definition) is 1. The molecule has 124 valence electrons. The fourth-order valence-electron chi connectivity index (χ4n) is 1.70. The monoisotopic (exact) mass is 351 g/mol. The second kappa shape index (κ2) is 9.64. The zero-order valence-electron chi connectivity index (χ0n) is 13.3. The average molecular weight is 351 g/mol. The Hall–Kier alpha value is -1.44. The topological polar surface area (TPSA) is 64.1 Å². The van der Waals surface area contributed by atoms with Crippen LogP contribution in [0.1, 0.15) is 25.8 Å². The van der Waals surface area contributed by atoms with Gasteiger partial charge in [0, 0.05) is 12.4 Å². The third-order valence-electron chi connectivity index (χ3n) is 2.78. The minimum atomic E-state index is -0.0930. The lowest BCUT2D eigenvalue weighted by Crippen LogP contribution is -2.15. The first-order valence-corrected chi connectivity index (χ1v) is 9.31. The van der Waals surface area contributed by atoms with Gasteiger partial charge in [0.05, 0.1) is 13.0 Å². The Kier molecular flexibility index (Phi) is 7.51. The number of carbonyl (C=O) groups excluding carboxylic acids is 1. The van der Waals surface area contributed by atoms with Crippen molar-refractivity contribution >= 4 is 34.1 Å². The van der Waals surface area contributed by atoms with Gasteiger partial charge in [0.2, 0.25) is 11.0 Å². The van der Waals surface area contributed by atoms with Gasteiger partial charge < -0.3 is 10.1 Å². The van der Waals surface area contributed by atoms with E-state index in [1.54, 1.807) is 11.8 Å². The van der Waals surface area contributed by atoms with E-state index in [1.807, 2.05) is 18.2 Å². The van der Waals surface area contributed by atoms with Gasteiger partial charge >= 0.3 is 0 Å². The van der Waals surface area contributed by atoms with E-state index in [9.17, 15) is 4.79 Å². The van der Waals surface area contributed by atoms with Crippen LogP contribution in [0, 0.1) is 5.92 Å². The maximum atomic E-state index is 11.8. The highest BCUT2D eigenvalue weighted by atomic mass is 32.2. The van der Waals surface area contributed by atoms with Gasteiger partial charge in [-0.2, -0.15) is 0 Å². The zero-order valence-corrected chi connectivity index (χ0v) is 15.0. The zero-order chi connectivity index (χ0) is 16.5. The molecule has 0 saturated heterocycles. The van der Waals surface area contributed by atoms with Crippen molar-refractivity contribution < 1.29 is 9.53 Å². The fraction of sp³-hybridized carbons (Fsp3) is 0.438. The first-order valence-electron chi connectivity index (χ1n) is 7.51. The number of aromatic nitrogens is 2. The molecule has 1 aromatic heterocycles. The number of rotatable bonds is 9. The number of hydrogen-bond acceptors (Lipinski definition) is 6. The summed E-state index contributed by atoms with van der Waals surface area (Å²) in [6, 6.07) is 10.2. The number of amides is 1. The van der Waals surface area contributed by atoms with Gasteiger partial charge in [-0.15, -0.1) is 10.2 Å². The van der Waals surface area contributed by atoms with Crippen molar-refractivity contribution in [1.29, 1.82) is 0 Å². The van der Waals surface area contributed by atoms with Crippen molar-refractivity contribution in [2.24, 2.45) is 5.92 Å². The Morgan fingerprint density at radius 2 is 2.09 bits per heavy atom. The fourth-order valence-corrected chi connectivity index (χ4v) is 3.43. The van der Waals surface area contributed by atoms with Crippen molar-refractivity contribution in [3.8, 4) is 0 Å². The summed E-state index contributed by atoms with van der Waals surface area (Å²) in [6.07, 6.45) is 0.332. The molecular weight excluding hydrogens is 330 g/mol. The number of anilines is 1. The molecular formula is C16H21N3O2S2. The molecule has 0 fully saturated rings. The second-order valence-electron chi connectivity index (χ2n) is 5.41. The molecule has 2 rings (SSSR count). The molecule has 0 aliphatic rings. The number of nitrogens with zero attached hydrogens (tertiary/aromatic N) is 2. The maximum Gasteiger partial charge on any atom is 0.228 e. The number of nitrogens with one attached hydrogen (secondary N) is 1. The molecule has 0 bridgehead atoms. The normalized spacial score (nSPS) is 10.9. The van der Waals surface area contributed by atoms with E-state index in [-0.39, 0.29) is 5.91 Å². The molecule has 0 unspecified atom stereocenters. The average Bonchev–Trinajstić information content (AvgIpc) is 2.98. The number of benzene rings is 1. The third-order valence-corrected chi connectivity index (χ3v) is 4.83. The standard InChI is InChI=1S/C16H21N3O2S2/c1-12(2)10-21-9-8-14(20)17-15-18-19-16(23-15)22-11-13-6-4-3-5-7-13/h3-7,12H,8-11H2,1-2H3,(H,17,18,20). The molecule has 2 aromatic rings. The number of thioether (sulfide) groups is 1. The molecule has 1 amide bonds. The summed E-state index contributed by atoms with van der Waals surface area (Å²) in [7, 11) is 0. The minimum absolute atomic E-state index is 0.0930. The highest BCUT2D eigenvalue weighted by Crippen LogP contribution is 2.28. The van der Waals surface area contributed by atoms with Crippen LogP contribution in [0.15, 0.2) is 34.7 Å². The van der Waals surface area contributed by atoms with Crippen molar-refractivity contribution in [1.82, 2.24) is 10.2 Å². The molecule has 0 saturated carbocycles. The predicted molar refractivity (Wildman–Crippen MR) is 94.8 cm³/mol. The molecule has 0 aliphatic carbocycles. The van der Waals surface area contributed by atoms with Crippen LogP contribution in [-0.4, -0.2) is 29.3 Å². The van der Waals surface area contributed by atoms with Crippen LogP contribution in [0.3, 0.4) is 0 Å². The first kappa shape index (κ1) is 17.9. The second-order valence-corrected chi connectivity index (χ2v) is 7.61. The summed E-state index contributed by atoms with van der Waals surface area (Å²) < 4.78 is 6.25. The van der Waals surface area contributed by atoms with Crippen LogP contribution < -0.4 is 5.32 Å². The lowest BCUT2D eigenvalue weighted by molar-refractivity contribution is -0.117. The van der Waals surface area contributed by atoms with Crippen molar-refractivity contribution in [2.45, 2.75) is 30.4 Å². The Morgan fingerprint density at radius 3 is 2.83 bits per heavy atom. The summed E-state index contributed by atoms with van der Waals surface area (Å²) in [6.45, 7) is 5.26. The number of ether oxygens (including phenoxy) is 1. The maximum absolute atomic E-state index is 11.8. The van der Waals surface area contributed by atoms with Crippen LogP contribution in [0.4, 0.5) is 5.13 Å². The van der Waals surface area contributed by atoms with Gasteiger partial charge in [0.1, 0.15) is 0 Å². The van der Waals surface area contributed by atoms with Crippen LogP contribution >= 0.6 is 23.1 Å². The van der Waals surface area contributed by atoms with Gasteiger partial charge in [-0.25, -0.2) is 0 Å². The molecule has 7 heteroatoms. The smallest absolute Gasteiger partial charge is 0.228 e. The summed E-state index contributed by atoms with van der Waals surface area (Å²) in [4.78, 5) is 11.8. The molecule has 1 heterocycles. The van der Waals surface area contributed by atoms with Crippen LogP contribution in [0.25, 0.3) is 0 Å². The number of carbonyl (C=O) groups is 1. The van der Waals surface area contributed by atoms with E-state index in [2.05, 4.69) is 41.5 Å². The molecule has 23 heavy (non-hydrogen) atoms. The third kappa shape index (κ3) is 7.11. The van der Waals surface area contributed by atoms with Crippen molar-refractivity contribution in [2.75, 3.05) is 18.5 Å².